The Hall–Kier alpha value is -1.33. The highest BCUT2D eigenvalue weighted by molar-refractivity contribution is 7.42. The van der Waals surface area contributed by atoms with E-state index in [1.165, 1.54) is 22.0 Å². The van der Waals surface area contributed by atoms with Gasteiger partial charge in [0.1, 0.15) is 14.6 Å². The molecule has 0 fully saturated rings. The fraction of sp³-hybridized carbons (Fsp3) is 0.429. The minimum Gasteiger partial charge on any atom is -0.472 e. The van der Waals surface area contributed by atoms with E-state index in [4.69, 9.17) is 4.52 Å². The lowest BCUT2D eigenvalue weighted by molar-refractivity contribution is 0.534. The van der Waals surface area contributed by atoms with Crippen LogP contribution in [0.25, 0.3) is 0 Å². The van der Waals surface area contributed by atoms with Crippen molar-refractivity contribution < 1.29 is 4.52 Å². The number of benzene rings is 2. The molecule has 124 valence electrons. The van der Waals surface area contributed by atoms with Gasteiger partial charge < -0.3 is 4.52 Å². The van der Waals surface area contributed by atoms with Crippen molar-refractivity contribution >= 4 is 14.1 Å². The van der Waals surface area contributed by atoms with Gasteiger partial charge in [0, 0.05) is 10.9 Å². The molecule has 23 heavy (non-hydrogen) atoms. The first-order chi connectivity index (χ1) is 10.6. The lowest BCUT2D eigenvalue weighted by atomic mass is 9.80. The van der Waals surface area contributed by atoms with Crippen LogP contribution in [0.5, 0.6) is 5.75 Å². The van der Waals surface area contributed by atoms with Crippen LogP contribution < -0.4 is 9.83 Å². The largest absolute Gasteiger partial charge is 0.472 e. The third-order valence-electron chi connectivity index (χ3n) is 3.98. The zero-order valence-corrected chi connectivity index (χ0v) is 16.4. The molecule has 1 unspecified atom stereocenters. The topological polar surface area (TPSA) is 9.23 Å². The van der Waals surface area contributed by atoms with E-state index in [-0.39, 0.29) is 10.8 Å². The van der Waals surface area contributed by atoms with Gasteiger partial charge in [-0.1, -0.05) is 83.5 Å². The summed E-state index contributed by atoms with van der Waals surface area (Å²) in [4.78, 5) is 0. The Bertz CT molecular complexity index is 658. The molecule has 0 spiro atoms. The van der Waals surface area contributed by atoms with Crippen molar-refractivity contribution in [3.05, 3.63) is 59.2 Å². The lowest BCUT2D eigenvalue weighted by Crippen LogP contribution is -2.17. The molecular weight excluding hydrogens is 299 g/mol. The minimum atomic E-state index is 0.0638. The lowest BCUT2D eigenvalue weighted by Gasteiger charge is -2.27. The molecule has 0 bridgehead atoms. The van der Waals surface area contributed by atoms with E-state index in [2.05, 4.69) is 90.9 Å². The average Bonchev–Trinajstić information content (AvgIpc) is 2.44. The molecule has 2 rings (SSSR count). The van der Waals surface area contributed by atoms with Gasteiger partial charge in [0.05, 0.1) is 0 Å². The van der Waals surface area contributed by atoms with Gasteiger partial charge in [-0.05, 0) is 29.4 Å². The van der Waals surface area contributed by atoms with Crippen LogP contribution in [0, 0.1) is 6.92 Å². The highest BCUT2D eigenvalue weighted by Gasteiger charge is 2.23. The second-order valence-corrected chi connectivity index (χ2v) is 9.27. The van der Waals surface area contributed by atoms with Crippen molar-refractivity contribution in [2.45, 2.75) is 59.3 Å². The molecule has 0 aliphatic carbocycles. The fourth-order valence-corrected chi connectivity index (χ4v) is 3.12. The number of aryl methyl sites for hydroxylation is 1. The summed E-state index contributed by atoms with van der Waals surface area (Å²) in [7, 11) is 0.337. The van der Waals surface area contributed by atoms with Gasteiger partial charge in [-0.15, -0.1) is 0 Å². The van der Waals surface area contributed by atoms with Crippen molar-refractivity contribution in [3.63, 3.8) is 0 Å². The van der Waals surface area contributed by atoms with Crippen LogP contribution >= 0.6 is 8.81 Å². The maximum absolute atomic E-state index is 6.19. The Labute approximate surface area is 143 Å². The van der Waals surface area contributed by atoms with Crippen molar-refractivity contribution in [1.29, 1.82) is 0 Å². The molecule has 1 atom stereocenters. The van der Waals surface area contributed by atoms with E-state index < -0.39 is 0 Å². The van der Waals surface area contributed by atoms with Crippen molar-refractivity contribution in [1.82, 2.24) is 0 Å². The number of hydrogen-bond donors (Lipinski definition) is 0. The summed E-state index contributed by atoms with van der Waals surface area (Å²) >= 11 is 0. The summed E-state index contributed by atoms with van der Waals surface area (Å²) in [6.07, 6.45) is 0. The summed E-state index contributed by atoms with van der Waals surface area (Å²) in [5.41, 5.74) is 4.13. The molecule has 0 amide bonds. The molecule has 0 aromatic heterocycles. The molecular formula is C21H29OP. The van der Waals surface area contributed by atoms with E-state index in [9.17, 15) is 0 Å². The minimum absolute atomic E-state index is 0.0638. The predicted molar refractivity (Wildman–Crippen MR) is 104 cm³/mol. The van der Waals surface area contributed by atoms with Gasteiger partial charge in [0.25, 0.3) is 0 Å². The highest BCUT2D eigenvalue weighted by atomic mass is 31.1. The third-order valence-corrected chi connectivity index (χ3v) is 4.88. The molecule has 0 heterocycles. The third kappa shape index (κ3) is 4.82. The Kier molecular flexibility index (Phi) is 5.21. The van der Waals surface area contributed by atoms with Crippen LogP contribution in [-0.4, -0.2) is 0 Å². The van der Waals surface area contributed by atoms with Crippen LogP contribution in [0.4, 0.5) is 0 Å². The van der Waals surface area contributed by atoms with Gasteiger partial charge in [0.15, 0.2) is 0 Å². The molecule has 0 aliphatic rings. The molecule has 0 N–H and O–H groups in total. The Morgan fingerprint density at radius 3 is 1.91 bits per heavy atom. The molecule has 0 saturated carbocycles. The first-order valence-electron chi connectivity index (χ1n) is 8.22. The number of rotatable bonds is 3. The van der Waals surface area contributed by atoms with Crippen LogP contribution in [0.15, 0.2) is 42.5 Å². The highest BCUT2D eigenvalue weighted by Crippen LogP contribution is 2.37. The van der Waals surface area contributed by atoms with Gasteiger partial charge in [-0.2, -0.15) is 0 Å². The SMILES string of the molecule is Cc1ccc(POc2ccc(C(C)(C)C)cc2C(C)(C)C)cc1. The van der Waals surface area contributed by atoms with E-state index in [1.807, 2.05) is 0 Å². The van der Waals surface area contributed by atoms with Gasteiger partial charge in [0.2, 0.25) is 0 Å². The van der Waals surface area contributed by atoms with Crippen molar-refractivity contribution in [3.8, 4) is 5.75 Å². The van der Waals surface area contributed by atoms with Crippen LogP contribution in [-0.2, 0) is 10.8 Å². The standard InChI is InChI=1S/C21H29OP/c1-15-8-11-17(12-9-15)23-22-19-13-10-16(20(2,3)4)14-18(19)21(5,6)7/h8-14,23H,1-7H3. The molecule has 2 aromatic carbocycles. The van der Waals surface area contributed by atoms with Gasteiger partial charge in [-0.3, -0.25) is 0 Å². The first-order valence-corrected chi connectivity index (χ1v) is 9.13. The Morgan fingerprint density at radius 1 is 0.783 bits per heavy atom. The summed E-state index contributed by atoms with van der Waals surface area (Å²) in [6, 6.07) is 15.2. The smallest absolute Gasteiger partial charge is 0.127 e. The molecule has 1 nitrogen and oxygen atoms in total. The summed E-state index contributed by atoms with van der Waals surface area (Å²) in [5, 5.41) is 1.23. The van der Waals surface area contributed by atoms with Gasteiger partial charge >= 0.3 is 0 Å². The monoisotopic (exact) mass is 328 g/mol. The van der Waals surface area contributed by atoms with Crippen LogP contribution in [0.1, 0.15) is 58.2 Å². The molecule has 2 heteroatoms. The van der Waals surface area contributed by atoms with Crippen LogP contribution in [0.2, 0.25) is 0 Å². The summed E-state index contributed by atoms with van der Waals surface area (Å²) in [6.45, 7) is 15.6. The Morgan fingerprint density at radius 2 is 1.39 bits per heavy atom. The molecule has 0 aliphatic heterocycles. The second-order valence-electron chi connectivity index (χ2n) is 8.28. The van der Waals surface area contributed by atoms with E-state index in [0.717, 1.165) is 5.75 Å². The van der Waals surface area contributed by atoms with Gasteiger partial charge in [-0.25, -0.2) is 0 Å². The average molecular weight is 328 g/mol. The zero-order chi connectivity index (χ0) is 17.3. The number of hydrogen-bond acceptors (Lipinski definition) is 1. The summed E-state index contributed by atoms with van der Waals surface area (Å²) < 4.78 is 6.19. The second kappa shape index (κ2) is 6.65. The fourth-order valence-electron chi connectivity index (χ4n) is 2.41. The maximum atomic E-state index is 6.19. The van der Waals surface area contributed by atoms with E-state index >= 15 is 0 Å². The zero-order valence-electron chi connectivity index (χ0n) is 15.4. The van der Waals surface area contributed by atoms with Crippen LogP contribution in [0.3, 0.4) is 0 Å². The maximum Gasteiger partial charge on any atom is 0.127 e. The van der Waals surface area contributed by atoms with Crippen molar-refractivity contribution in [2.24, 2.45) is 0 Å². The molecule has 0 radical (unpaired) electrons. The molecule has 2 aromatic rings. The summed E-state index contributed by atoms with van der Waals surface area (Å²) in [5.74, 6) is 1.00. The van der Waals surface area contributed by atoms with Crippen molar-refractivity contribution in [2.75, 3.05) is 0 Å². The normalized spacial score (nSPS) is 12.8. The quantitative estimate of drug-likeness (QED) is 0.639. The predicted octanol–water partition coefficient (Wildman–Crippen LogP) is 5.89. The Balaban J connectivity index is 2.28. The van der Waals surface area contributed by atoms with E-state index in [1.54, 1.807) is 0 Å². The first kappa shape index (κ1) is 18.0. The molecule has 0 saturated heterocycles. The van der Waals surface area contributed by atoms with E-state index in [0.29, 0.717) is 8.81 Å².